The van der Waals surface area contributed by atoms with Gasteiger partial charge in [-0.05, 0) is 48.2 Å². The third-order valence-corrected chi connectivity index (χ3v) is 4.29. The predicted molar refractivity (Wildman–Crippen MR) is 91.6 cm³/mol. The molecule has 1 aliphatic heterocycles. The average molecular weight is 299 g/mol. The summed E-state index contributed by atoms with van der Waals surface area (Å²) in [5, 5.41) is 1.21. The molecular weight excluding hydrogens is 274 g/mol. The van der Waals surface area contributed by atoms with Gasteiger partial charge in [-0.3, -0.25) is 0 Å². The summed E-state index contributed by atoms with van der Waals surface area (Å²) in [7, 11) is 0. The lowest BCUT2D eigenvalue weighted by Crippen LogP contribution is -2.37. The van der Waals surface area contributed by atoms with Gasteiger partial charge in [-0.2, -0.15) is 0 Å². The smallest absolute Gasteiger partial charge is 0.132 e. The van der Waals surface area contributed by atoms with E-state index >= 15 is 0 Å². The van der Waals surface area contributed by atoms with E-state index in [1.54, 1.807) is 0 Å². The number of morpholine rings is 1. The second-order valence-electron chi connectivity index (χ2n) is 6.22. The number of anilines is 1. The summed E-state index contributed by atoms with van der Waals surface area (Å²) in [6, 6.07) is 8.86. The molecule has 0 saturated carbocycles. The maximum Gasteiger partial charge on any atom is 0.132 e. The maximum absolute atomic E-state index is 5.81. The molecule has 0 spiro atoms. The van der Waals surface area contributed by atoms with Crippen molar-refractivity contribution in [1.29, 1.82) is 0 Å². The van der Waals surface area contributed by atoms with Gasteiger partial charge in [0.15, 0.2) is 0 Å². The molecule has 2 aromatic rings. The van der Waals surface area contributed by atoms with E-state index in [1.807, 2.05) is 0 Å². The van der Waals surface area contributed by atoms with Crippen LogP contribution in [0.25, 0.3) is 10.9 Å². The van der Waals surface area contributed by atoms with Crippen molar-refractivity contribution in [2.45, 2.75) is 26.2 Å². The largest absolute Gasteiger partial charge is 0.378 e. The lowest BCUT2D eigenvalue weighted by Gasteiger charge is -2.30. The molecule has 1 aromatic carbocycles. The van der Waals surface area contributed by atoms with E-state index in [1.165, 1.54) is 16.5 Å². The normalized spacial score (nSPS) is 15.7. The highest BCUT2D eigenvalue weighted by molar-refractivity contribution is 5.82. The van der Waals surface area contributed by atoms with Crippen molar-refractivity contribution in [3.05, 3.63) is 35.4 Å². The Balaban J connectivity index is 2.06. The summed E-state index contributed by atoms with van der Waals surface area (Å²) in [4.78, 5) is 7.26. The quantitative estimate of drug-likeness (QED) is 0.943. The van der Waals surface area contributed by atoms with Crippen molar-refractivity contribution in [2.24, 2.45) is 5.73 Å². The number of aromatic nitrogens is 1. The number of benzene rings is 1. The van der Waals surface area contributed by atoms with E-state index in [0.717, 1.165) is 44.1 Å². The van der Waals surface area contributed by atoms with Crippen LogP contribution in [0.15, 0.2) is 24.3 Å². The molecule has 1 aliphatic rings. The maximum atomic E-state index is 5.81. The topological polar surface area (TPSA) is 51.4 Å². The number of fused-ring (bicyclic) bond motifs is 1. The first-order valence-electron chi connectivity index (χ1n) is 8.15. The van der Waals surface area contributed by atoms with Crippen LogP contribution in [0.3, 0.4) is 0 Å². The molecule has 0 bridgehead atoms. The molecule has 0 radical (unpaired) electrons. The van der Waals surface area contributed by atoms with Crippen LogP contribution in [0.4, 0.5) is 5.82 Å². The Morgan fingerprint density at radius 1 is 1.23 bits per heavy atom. The second kappa shape index (κ2) is 6.63. The van der Waals surface area contributed by atoms with Gasteiger partial charge in [0.05, 0.1) is 18.7 Å². The van der Waals surface area contributed by atoms with Crippen LogP contribution in [0.1, 0.15) is 30.9 Å². The third-order valence-electron chi connectivity index (χ3n) is 4.29. The summed E-state index contributed by atoms with van der Waals surface area (Å²) in [5.74, 6) is 1.61. The first kappa shape index (κ1) is 15.3. The van der Waals surface area contributed by atoms with E-state index in [0.29, 0.717) is 12.5 Å². The number of rotatable bonds is 4. The molecule has 0 amide bonds. The average Bonchev–Trinajstić information content (AvgIpc) is 2.54. The zero-order chi connectivity index (χ0) is 15.5. The number of nitrogens with two attached hydrogens (primary N) is 1. The third kappa shape index (κ3) is 3.08. The standard InChI is InChI=1S/C18H25N3O/c1-13(2)14-3-4-17-16(11-14)12-15(5-6-19)18(20-17)21-7-9-22-10-8-21/h3-4,11-13H,5-10,19H2,1-2H3. The Bertz CT molecular complexity index is 648. The first-order chi connectivity index (χ1) is 10.7. The van der Waals surface area contributed by atoms with Gasteiger partial charge in [0.1, 0.15) is 5.82 Å². The Labute approximate surface area is 132 Å². The highest BCUT2D eigenvalue weighted by atomic mass is 16.5. The number of hydrogen-bond acceptors (Lipinski definition) is 4. The Kier molecular flexibility index (Phi) is 4.60. The van der Waals surface area contributed by atoms with Crippen LogP contribution in [-0.2, 0) is 11.2 Å². The number of pyridine rings is 1. The lowest BCUT2D eigenvalue weighted by molar-refractivity contribution is 0.122. The van der Waals surface area contributed by atoms with Crippen molar-refractivity contribution >= 4 is 16.7 Å². The Morgan fingerprint density at radius 3 is 2.68 bits per heavy atom. The molecule has 4 nitrogen and oxygen atoms in total. The predicted octanol–water partition coefficient (Wildman–Crippen LogP) is 2.70. The fourth-order valence-electron chi connectivity index (χ4n) is 2.98. The molecule has 4 heteroatoms. The number of hydrogen-bond donors (Lipinski definition) is 1. The minimum atomic E-state index is 0.529. The Morgan fingerprint density at radius 2 is 2.00 bits per heavy atom. The lowest BCUT2D eigenvalue weighted by atomic mass is 10.00. The van der Waals surface area contributed by atoms with Gasteiger partial charge < -0.3 is 15.4 Å². The van der Waals surface area contributed by atoms with Crippen molar-refractivity contribution < 1.29 is 4.74 Å². The molecular formula is C18H25N3O. The molecule has 2 N–H and O–H groups in total. The van der Waals surface area contributed by atoms with Crippen molar-refractivity contribution in [3.63, 3.8) is 0 Å². The highest BCUT2D eigenvalue weighted by Crippen LogP contribution is 2.27. The molecule has 118 valence electrons. The van der Waals surface area contributed by atoms with Crippen LogP contribution >= 0.6 is 0 Å². The number of ether oxygens (including phenoxy) is 1. The summed E-state index contributed by atoms with van der Waals surface area (Å²) < 4.78 is 5.46. The fourth-order valence-corrected chi connectivity index (χ4v) is 2.98. The van der Waals surface area contributed by atoms with Gasteiger partial charge in [-0.15, -0.1) is 0 Å². The molecule has 0 aliphatic carbocycles. The zero-order valence-electron chi connectivity index (χ0n) is 13.5. The van der Waals surface area contributed by atoms with Gasteiger partial charge in [0.25, 0.3) is 0 Å². The van der Waals surface area contributed by atoms with E-state index in [9.17, 15) is 0 Å². The summed E-state index contributed by atoms with van der Waals surface area (Å²) >= 11 is 0. The first-order valence-corrected chi connectivity index (χ1v) is 8.15. The molecule has 1 aromatic heterocycles. The minimum absolute atomic E-state index is 0.529. The Hall–Kier alpha value is -1.65. The molecule has 3 rings (SSSR count). The van der Waals surface area contributed by atoms with Gasteiger partial charge in [0.2, 0.25) is 0 Å². The SMILES string of the molecule is CC(C)c1ccc2nc(N3CCOCC3)c(CCN)cc2c1. The van der Waals surface area contributed by atoms with Crippen LogP contribution in [0.5, 0.6) is 0 Å². The van der Waals surface area contributed by atoms with E-state index in [4.69, 9.17) is 15.5 Å². The van der Waals surface area contributed by atoms with E-state index < -0.39 is 0 Å². The van der Waals surface area contributed by atoms with Crippen LogP contribution < -0.4 is 10.6 Å². The number of nitrogens with zero attached hydrogens (tertiary/aromatic N) is 2. The highest BCUT2D eigenvalue weighted by Gasteiger charge is 2.17. The van der Waals surface area contributed by atoms with Crippen LogP contribution in [0, 0.1) is 0 Å². The van der Waals surface area contributed by atoms with Crippen molar-refractivity contribution in [3.8, 4) is 0 Å². The molecule has 0 unspecified atom stereocenters. The summed E-state index contributed by atoms with van der Waals surface area (Å²) in [5.41, 5.74) is 9.47. The van der Waals surface area contributed by atoms with E-state index in [-0.39, 0.29) is 0 Å². The van der Waals surface area contributed by atoms with Gasteiger partial charge >= 0.3 is 0 Å². The summed E-state index contributed by atoms with van der Waals surface area (Å²) in [6.07, 6.45) is 0.863. The van der Waals surface area contributed by atoms with Gasteiger partial charge in [-0.25, -0.2) is 4.98 Å². The molecule has 1 saturated heterocycles. The molecule has 1 fully saturated rings. The fraction of sp³-hybridized carbons (Fsp3) is 0.500. The van der Waals surface area contributed by atoms with E-state index in [2.05, 4.69) is 43.0 Å². The second-order valence-corrected chi connectivity index (χ2v) is 6.22. The molecule has 2 heterocycles. The van der Waals surface area contributed by atoms with Gasteiger partial charge in [0, 0.05) is 18.5 Å². The van der Waals surface area contributed by atoms with Crippen molar-refractivity contribution in [1.82, 2.24) is 4.98 Å². The summed E-state index contributed by atoms with van der Waals surface area (Å²) in [6.45, 7) is 8.44. The van der Waals surface area contributed by atoms with Crippen LogP contribution in [-0.4, -0.2) is 37.8 Å². The minimum Gasteiger partial charge on any atom is -0.378 e. The molecule has 0 atom stereocenters. The van der Waals surface area contributed by atoms with Gasteiger partial charge in [-0.1, -0.05) is 19.9 Å². The molecule has 22 heavy (non-hydrogen) atoms. The van der Waals surface area contributed by atoms with Crippen LogP contribution in [0.2, 0.25) is 0 Å². The van der Waals surface area contributed by atoms with Crippen molar-refractivity contribution in [2.75, 3.05) is 37.7 Å². The monoisotopic (exact) mass is 299 g/mol. The zero-order valence-corrected chi connectivity index (χ0v) is 13.5.